The fourth-order valence-electron chi connectivity index (χ4n) is 2.08. The molecule has 3 aromatic rings. The Morgan fingerprint density at radius 3 is 2.46 bits per heavy atom. The fraction of sp³-hybridized carbons (Fsp3) is 0.0625. The number of aromatic nitrogens is 1. The Morgan fingerprint density at radius 2 is 1.88 bits per heavy atom. The van der Waals surface area contributed by atoms with Crippen molar-refractivity contribution in [3.8, 4) is 0 Å². The van der Waals surface area contributed by atoms with Crippen LogP contribution in [0.4, 0.5) is 16.6 Å². The van der Waals surface area contributed by atoms with E-state index in [4.69, 9.17) is 10.8 Å². The van der Waals surface area contributed by atoms with E-state index in [1.165, 1.54) is 34.8 Å². The monoisotopic (exact) mass is 359 g/mol. The number of carbonyl (C=O) groups excluding carboxylic acids is 1. The number of nitrogen functional groups attached to an aromatic ring is 1. The number of rotatable bonds is 5. The van der Waals surface area contributed by atoms with Gasteiger partial charge >= 0.3 is 5.97 Å². The molecule has 0 fully saturated rings. The summed E-state index contributed by atoms with van der Waals surface area (Å²) in [5, 5.41) is 14.3. The number of nitrogens with one attached hydrogen (secondary N) is 1. The summed E-state index contributed by atoms with van der Waals surface area (Å²) >= 11 is 2.55. The van der Waals surface area contributed by atoms with E-state index in [9.17, 15) is 9.59 Å². The second kappa shape index (κ2) is 6.42. The van der Waals surface area contributed by atoms with Gasteiger partial charge in [0, 0.05) is 5.69 Å². The Bertz CT molecular complexity index is 913. The number of aromatic carboxylic acids is 1. The molecule has 0 bridgehead atoms. The largest absolute Gasteiger partial charge is 0.478 e. The van der Waals surface area contributed by atoms with Crippen molar-refractivity contribution in [2.45, 2.75) is 6.92 Å². The van der Waals surface area contributed by atoms with Crippen LogP contribution in [-0.4, -0.2) is 21.8 Å². The number of hydrogen-bond acceptors (Lipinski definition) is 7. The third-order valence-electron chi connectivity index (χ3n) is 3.31. The molecule has 0 aliphatic heterocycles. The van der Waals surface area contributed by atoms with Crippen LogP contribution < -0.4 is 11.1 Å². The maximum absolute atomic E-state index is 12.5. The summed E-state index contributed by atoms with van der Waals surface area (Å²) in [6.45, 7) is 1.88. The molecule has 0 saturated carbocycles. The summed E-state index contributed by atoms with van der Waals surface area (Å²) in [7, 11) is 0. The molecular formula is C16H13N3O3S2. The van der Waals surface area contributed by atoms with Gasteiger partial charge in [-0.05, 0) is 48.2 Å². The summed E-state index contributed by atoms with van der Waals surface area (Å²) in [4.78, 5) is 28.6. The van der Waals surface area contributed by atoms with Gasteiger partial charge < -0.3 is 16.2 Å². The minimum Gasteiger partial charge on any atom is -0.478 e. The van der Waals surface area contributed by atoms with Crippen molar-refractivity contribution in [1.29, 1.82) is 0 Å². The molecule has 0 aliphatic carbocycles. The van der Waals surface area contributed by atoms with Crippen LogP contribution in [0.1, 0.15) is 30.5 Å². The number of ketones is 1. The lowest BCUT2D eigenvalue weighted by molar-refractivity contribution is 0.0696. The van der Waals surface area contributed by atoms with Crippen LogP contribution in [-0.2, 0) is 0 Å². The number of benzene rings is 1. The van der Waals surface area contributed by atoms with Crippen molar-refractivity contribution in [2.24, 2.45) is 0 Å². The Hall–Kier alpha value is -2.71. The lowest BCUT2D eigenvalue weighted by Crippen LogP contribution is -2.01. The van der Waals surface area contributed by atoms with Gasteiger partial charge in [-0.25, -0.2) is 9.78 Å². The van der Waals surface area contributed by atoms with E-state index < -0.39 is 5.97 Å². The number of nitrogens with zero attached hydrogens (tertiary/aromatic N) is 1. The Morgan fingerprint density at radius 1 is 1.17 bits per heavy atom. The molecule has 0 saturated heterocycles. The van der Waals surface area contributed by atoms with Crippen LogP contribution >= 0.6 is 22.7 Å². The highest BCUT2D eigenvalue weighted by Crippen LogP contribution is 2.31. The van der Waals surface area contributed by atoms with Gasteiger partial charge in [0.15, 0.2) is 5.13 Å². The molecule has 2 aromatic heterocycles. The van der Waals surface area contributed by atoms with E-state index in [-0.39, 0.29) is 17.2 Å². The number of carbonyl (C=O) groups is 2. The molecular weight excluding hydrogens is 346 g/mol. The summed E-state index contributed by atoms with van der Waals surface area (Å²) in [6.07, 6.45) is 0. The predicted molar refractivity (Wildman–Crippen MR) is 95.7 cm³/mol. The van der Waals surface area contributed by atoms with Gasteiger partial charge in [-0.3, -0.25) is 4.79 Å². The molecule has 24 heavy (non-hydrogen) atoms. The Balaban J connectivity index is 1.82. The number of thiazole rings is 1. The van der Waals surface area contributed by atoms with E-state index in [0.717, 1.165) is 5.56 Å². The van der Waals surface area contributed by atoms with Crippen LogP contribution in [0.25, 0.3) is 0 Å². The predicted octanol–water partition coefficient (Wildman–Crippen LogP) is 3.77. The number of anilines is 3. The molecule has 8 heteroatoms. The molecule has 0 radical (unpaired) electrons. The first-order chi connectivity index (χ1) is 11.5. The van der Waals surface area contributed by atoms with Gasteiger partial charge in [0.05, 0.1) is 10.4 Å². The summed E-state index contributed by atoms with van der Waals surface area (Å²) in [6, 6.07) is 8.13. The fourth-order valence-corrected chi connectivity index (χ4v) is 3.86. The summed E-state index contributed by atoms with van der Waals surface area (Å²) in [5.41, 5.74) is 7.66. The zero-order chi connectivity index (χ0) is 17.3. The molecule has 0 atom stereocenters. The third kappa shape index (κ3) is 3.15. The SMILES string of the molecule is Cc1ccsc1C(=O)c1sc(Nc2ccc(C(=O)O)cc2)nc1N. The number of hydrogen-bond donors (Lipinski definition) is 3. The number of aryl methyl sites for hydroxylation is 1. The molecule has 6 nitrogen and oxygen atoms in total. The summed E-state index contributed by atoms with van der Waals surface area (Å²) in [5.74, 6) is -0.937. The topological polar surface area (TPSA) is 105 Å². The molecule has 3 rings (SSSR count). The standard InChI is InChI=1S/C16H13N3O3S2/c1-8-6-7-23-12(8)11(20)13-14(17)19-16(24-13)18-10-4-2-9(3-5-10)15(21)22/h2-7H,17H2,1H3,(H,18,19)(H,21,22). The lowest BCUT2D eigenvalue weighted by Gasteiger charge is -2.02. The Kier molecular flexibility index (Phi) is 4.32. The highest BCUT2D eigenvalue weighted by Gasteiger charge is 2.20. The number of thiophene rings is 1. The van der Waals surface area contributed by atoms with Crippen LogP contribution in [0.2, 0.25) is 0 Å². The van der Waals surface area contributed by atoms with Gasteiger partial charge in [-0.1, -0.05) is 11.3 Å². The summed E-state index contributed by atoms with van der Waals surface area (Å²) < 4.78 is 0. The van der Waals surface area contributed by atoms with E-state index in [2.05, 4.69) is 10.3 Å². The first-order valence-corrected chi connectivity index (χ1v) is 8.61. The zero-order valence-electron chi connectivity index (χ0n) is 12.6. The third-order valence-corrected chi connectivity index (χ3v) is 5.31. The first-order valence-electron chi connectivity index (χ1n) is 6.91. The second-order valence-electron chi connectivity index (χ2n) is 5.00. The quantitative estimate of drug-likeness (QED) is 0.599. The number of carboxylic acid groups (broad SMARTS) is 1. The smallest absolute Gasteiger partial charge is 0.335 e. The molecule has 0 unspecified atom stereocenters. The Labute approximate surface area is 145 Å². The lowest BCUT2D eigenvalue weighted by atomic mass is 10.2. The van der Waals surface area contributed by atoms with Gasteiger partial charge in [-0.15, -0.1) is 11.3 Å². The normalized spacial score (nSPS) is 10.5. The average molecular weight is 359 g/mol. The van der Waals surface area contributed by atoms with Gasteiger partial charge in [-0.2, -0.15) is 0 Å². The highest BCUT2D eigenvalue weighted by molar-refractivity contribution is 7.19. The van der Waals surface area contributed by atoms with Gasteiger partial charge in [0.25, 0.3) is 0 Å². The van der Waals surface area contributed by atoms with Crippen molar-refractivity contribution < 1.29 is 14.7 Å². The molecule has 1 aromatic carbocycles. The average Bonchev–Trinajstić information content (AvgIpc) is 3.13. The van der Waals surface area contributed by atoms with Crippen molar-refractivity contribution in [3.05, 3.63) is 56.6 Å². The van der Waals surface area contributed by atoms with Crippen LogP contribution in [0.15, 0.2) is 35.7 Å². The first kappa shape index (κ1) is 16.2. The van der Waals surface area contributed by atoms with Crippen LogP contribution in [0, 0.1) is 6.92 Å². The van der Waals surface area contributed by atoms with Crippen molar-refractivity contribution in [1.82, 2.24) is 4.98 Å². The van der Waals surface area contributed by atoms with Crippen LogP contribution in [0.3, 0.4) is 0 Å². The zero-order valence-corrected chi connectivity index (χ0v) is 14.2. The van der Waals surface area contributed by atoms with E-state index in [0.29, 0.717) is 20.6 Å². The number of nitrogens with two attached hydrogens (primary N) is 1. The van der Waals surface area contributed by atoms with Crippen molar-refractivity contribution >= 4 is 51.1 Å². The highest BCUT2D eigenvalue weighted by atomic mass is 32.1. The molecule has 4 N–H and O–H groups in total. The minimum absolute atomic E-state index is 0.133. The van der Waals surface area contributed by atoms with E-state index in [1.807, 2.05) is 18.4 Å². The molecule has 0 amide bonds. The number of carboxylic acids is 1. The van der Waals surface area contributed by atoms with Crippen LogP contribution in [0.5, 0.6) is 0 Å². The van der Waals surface area contributed by atoms with Crippen molar-refractivity contribution in [3.63, 3.8) is 0 Å². The van der Waals surface area contributed by atoms with Gasteiger partial charge in [0.2, 0.25) is 5.78 Å². The maximum Gasteiger partial charge on any atom is 0.335 e. The minimum atomic E-state index is -0.987. The maximum atomic E-state index is 12.5. The second-order valence-corrected chi connectivity index (χ2v) is 6.92. The van der Waals surface area contributed by atoms with E-state index in [1.54, 1.807) is 12.1 Å². The molecule has 0 spiro atoms. The molecule has 0 aliphatic rings. The van der Waals surface area contributed by atoms with E-state index >= 15 is 0 Å². The molecule has 122 valence electrons. The molecule has 2 heterocycles. The van der Waals surface area contributed by atoms with Gasteiger partial charge in [0.1, 0.15) is 10.7 Å². The van der Waals surface area contributed by atoms with Crippen molar-refractivity contribution in [2.75, 3.05) is 11.1 Å².